The number of rotatable bonds is 3. The van der Waals surface area contributed by atoms with Gasteiger partial charge in [-0.05, 0) is 30.1 Å². The summed E-state index contributed by atoms with van der Waals surface area (Å²) in [7, 11) is -1.00. The molecule has 1 N–H and O–H groups in total. The summed E-state index contributed by atoms with van der Waals surface area (Å²) in [6.45, 7) is 1.37. The average Bonchev–Trinajstić information content (AvgIpc) is 2.67. The molecule has 4 nitrogen and oxygen atoms in total. The van der Waals surface area contributed by atoms with Gasteiger partial charge in [-0.25, -0.2) is 9.18 Å². The number of fused-ring (bicyclic) bond motifs is 1. The number of carbonyl (C=O) groups is 1. The fourth-order valence-corrected chi connectivity index (χ4v) is 1.62. The summed E-state index contributed by atoms with van der Waals surface area (Å²) in [6, 6.07) is 4.78. The number of hydrogen-bond acceptors (Lipinski definition) is 4. The number of ether oxygens (including phenoxy) is 1. The van der Waals surface area contributed by atoms with E-state index in [-0.39, 0.29) is 12.2 Å². The fourth-order valence-electron chi connectivity index (χ4n) is 1.62. The molecule has 0 amide bonds. The lowest BCUT2D eigenvalue weighted by molar-refractivity contribution is 0.0416. The Balaban J connectivity index is 2.12. The van der Waals surface area contributed by atoms with Crippen LogP contribution in [0.15, 0.2) is 18.2 Å². The predicted molar refractivity (Wildman–Crippen MR) is 59.7 cm³/mol. The van der Waals surface area contributed by atoms with Gasteiger partial charge < -0.3 is 14.4 Å². The van der Waals surface area contributed by atoms with Gasteiger partial charge in [0.15, 0.2) is 0 Å². The van der Waals surface area contributed by atoms with Crippen LogP contribution in [0.25, 0.3) is 0 Å². The molecule has 2 rings (SSSR count). The molecule has 90 valence electrons. The van der Waals surface area contributed by atoms with Gasteiger partial charge in [-0.15, -0.1) is 0 Å². The molecule has 1 aromatic carbocycles. The third-order valence-corrected chi connectivity index (χ3v) is 2.49. The molecule has 0 bridgehead atoms. The van der Waals surface area contributed by atoms with E-state index in [1.807, 2.05) is 0 Å². The van der Waals surface area contributed by atoms with E-state index < -0.39 is 19.3 Å². The Labute approximate surface area is 98.5 Å². The second kappa shape index (κ2) is 4.85. The molecule has 1 unspecified atom stereocenters. The Morgan fingerprint density at radius 2 is 2.47 bits per heavy atom. The fraction of sp³-hybridized carbons (Fsp3) is 0.364. The first-order valence-corrected chi connectivity index (χ1v) is 5.31. The Morgan fingerprint density at radius 1 is 1.71 bits per heavy atom. The van der Waals surface area contributed by atoms with Crippen molar-refractivity contribution in [3.05, 3.63) is 29.3 Å². The van der Waals surface area contributed by atoms with Gasteiger partial charge in [0, 0.05) is 0 Å². The highest BCUT2D eigenvalue weighted by Crippen LogP contribution is 2.12. The first-order valence-electron chi connectivity index (χ1n) is 5.31. The smallest absolute Gasteiger partial charge is 0.459 e. The molecule has 1 heterocycles. The molecular weight excluding hydrogens is 226 g/mol. The molecule has 1 aliphatic heterocycles. The van der Waals surface area contributed by atoms with Crippen LogP contribution < -0.4 is 5.46 Å². The van der Waals surface area contributed by atoms with Crippen LogP contribution >= 0.6 is 0 Å². The summed E-state index contributed by atoms with van der Waals surface area (Å²) < 4.78 is 22.3. The SMILES string of the molecule is CC(F)COC(=O)c1ccc2c(c1)B(O)OC2. The van der Waals surface area contributed by atoms with Crippen molar-refractivity contribution in [2.45, 2.75) is 19.7 Å². The largest absolute Gasteiger partial charge is 0.491 e. The first-order chi connectivity index (χ1) is 8.08. The lowest BCUT2D eigenvalue weighted by Gasteiger charge is -2.06. The van der Waals surface area contributed by atoms with E-state index in [0.717, 1.165) is 5.56 Å². The van der Waals surface area contributed by atoms with E-state index in [0.29, 0.717) is 12.1 Å². The highest BCUT2D eigenvalue weighted by molar-refractivity contribution is 6.61. The maximum absolute atomic E-state index is 12.5. The maximum atomic E-state index is 12.5. The van der Waals surface area contributed by atoms with Crippen molar-refractivity contribution in [1.29, 1.82) is 0 Å². The molecule has 17 heavy (non-hydrogen) atoms. The molecule has 1 aliphatic rings. The van der Waals surface area contributed by atoms with Crippen molar-refractivity contribution < 1.29 is 23.6 Å². The van der Waals surface area contributed by atoms with Crippen molar-refractivity contribution in [1.82, 2.24) is 0 Å². The molecule has 1 atom stereocenters. The van der Waals surface area contributed by atoms with Gasteiger partial charge in [0.2, 0.25) is 0 Å². The van der Waals surface area contributed by atoms with Crippen molar-refractivity contribution in [3.63, 3.8) is 0 Å². The standard InChI is InChI=1S/C11H12BFO4/c1-7(13)5-16-11(14)8-2-3-9-6-17-12(15)10(9)4-8/h2-4,7,15H,5-6H2,1H3. The molecule has 0 aromatic heterocycles. The lowest BCUT2D eigenvalue weighted by Crippen LogP contribution is -2.29. The minimum atomic E-state index is -1.19. The van der Waals surface area contributed by atoms with Crippen LogP contribution in [0, 0.1) is 0 Å². The van der Waals surface area contributed by atoms with Crippen LogP contribution in [0.3, 0.4) is 0 Å². The van der Waals surface area contributed by atoms with E-state index in [4.69, 9.17) is 9.39 Å². The zero-order valence-corrected chi connectivity index (χ0v) is 9.35. The molecule has 0 aliphatic carbocycles. The van der Waals surface area contributed by atoms with Crippen LogP contribution in [-0.2, 0) is 16.0 Å². The Morgan fingerprint density at radius 3 is 3.18 bits per heavy atom. The van der Waals surface area contributed by atoms with Gasteiger partial charge in [-0.3, -0.25) is 0 Å². The van der Waals surface area contributed by atoms with Crippen molar-refractivity contribution in [2.75, 3.05) is 6.61 Å². The van der Waals surface area contributed by atoms with Gasteiger partial charge in [-0.1, -0.05) is 6.07 Å². The van der Waals surface area contributed by atoms with E-state index in [1.54, 1.807) is 12.1 Å². The zero-order chi connectivity index (χ0) is 12.4. The summed E-state index contributed by atoms with van der Waals surface area (Å²) in [5, 5.41) is 9.47. The van der Waals surface area contributed by atoms with E-state index in [9.17, 15) is 14.2 Å². The zero-order valence-electron chi connectivity index (χ0n) is 9.35. The first kappa shape index (κ1) is 12.1. The molecule has 0 radical (unpaired) electrons. The second-order valence-corrected chi connectivity index (χ2v) is 3.96. The van der Waals surface area contributed by atoms with Gasteiger partial charge >= 0.3 is 13.1 Å². The van der Waals surface area contributed by atoms with Crippen molar-refractivity contribution in [3.8, 4) is 0 Å². The van der Waals surface area contributed by atoms with Crippen molar-refractivity contribution in [2.24, 2.45) is 0 Å². The van der Waals surface area contributed by atoms with Gasteiger partial charge in [0.25, 0.3) is 0 Å². The number of benzene rings is 1. The molecule has 0 fully saturated rings. The minimum absolute atomic E-state index is 0.269. The maximum Gasteiger partial charge on any atom is 0.491 e. The summed E-state index contributed by atoms with van der Waals surface area (Å²) in [5.41, 5.74) is 1.69. The highest BCUT2D eigenvalue weighted by atomic mass is 19.1. The number of esters is 1. The number of carbonyl (C=O) groups excluding carboxylic acids is 1. The number of alkyl halides is 1. The third-order valence-electron chi connectivity index (χ3n) is 2.49. The monoisotopic (exact) mass is 238 g/mol. The van der Waals surface area contributed by atoms with E-state index in [1.165, 1.54) is 13.0 Å². The number of hydrogen-bond donors (Lipinski definition) is 1. The summed E-state index contributed by atoms with van der Waals surface area (Å²) in [5.74, 6) is -0.601. The van der Waals surface area contributed by atoms with Gasteiger partial charge in [-0.2, -0.15) is 0 Å². The van der Waals surface area contributed by atoms with Crippen LogP contribution in [-0.4, -0.2) is 30.9 Å². The van der Waals surface area contributed by atoms with E-state index >= 15 is 0 Å². The van der Waals surface area contributed by atoms with Crippen LogP contribution in [0.1, 0.15) is 22.8 Å². The number of halogens is 1. The normalized spacial score (nSPS) is 15.6. The third kappa shape index (κ3) is 2.65. The van der Waals surface area contributed by atoms with Crippen LogP contribution in [0.2, 0.25) is 0 Å². The predicted octanol–water partition coefficient (Wildman–Crippen LogP) is 0.419. The summed E-state index contributed by atoms with van der Waals surface area (Å²) >= 11 is 0. The van der Waals surface area contributed by atoms with E-state index in [2.05, 4.69) is 0 Å². The average molecular weight is 238 g/mol. The molecule has 1 aromatic rings. The Hall–Kier alpha value is -1.40. The second-order valence-electron chi connectivity index (χ2n) is 3.96. The summed E-state index contributed by atoms with van der Waals surface area (Å²) in [4.78, 5) is 11.5. The van der Waals surface area contributed by atoms with Crippen LogP contribution in [0.4, 0.5) is 4.39 Å². The molecule has 0 saturated heterocycles. The van der Waals surface area contributed by atoms with Gasteiger partial charge in [0.1, 0.15) is 12.8 Å². The topological polar surface area (TPSA) is 55.8 Å². The Kier molecular flexibility index (Phi) is 3.45. The minimum Gasteiger partial charge on any atom is -0.459 e. The molecular formula is C11H12BFO4. The lowest BCUT2D eigenvalue weighted by atomic mass is 9.79. The molecule has 0 saturated carbocycles. The van der Waals surface area contributed by atoms with Gasteiger partial charge in [0.05, 0.1) is 12.2 Å². The quantitative estimate of drug-likeness (QED) is 0.612. The van der Waals surface area contributed by atoms with Crippen LogP contribution in [0.5, 0.6) is 0 Å². The summed E-state index contributed by atoms with van der Waals surface area (Å²) in [6.07, 6.45) is -1.19. The van der Waals surface area contributed by atoms with Crippen molar-refractivity contribution >= 4 is 18.6 Å². The molecule has 0 spiro atoms. The highest BCUT2D eigenvalue weighted by Gasteiger charge is 2.28. The molecule has 6 heteroatoms. The Bertz CT molecular complexity index is 435.